The molecule has 4 heterocycles. The summed E-state index contributed by atoms with van der Waals surface area (Å²) in [7, 11) is 1.59. The Hall–Kier alpha value is -3.57. The Morgan fingerprint density at radius 1 is 1.08 bits per heavy atom. The third-order valence-corrected chi connectivity index (χ3v) is 8.07. The zero-order valence-electron chi connectivity index (χ0n) is 20.3. The van der Waals surface area contributed by atoms with Crippen LogP contribution in [0.25, 0.3) is 22.6 Å². The Bertz CT molecular complexity index is 1480. The maximum Gasteiger partial charge on any atom is 0.261 e. The second kappa shape index (κ2) is 10.4. The normalized spacial score (nSPS) is 17.5. The van der Waals surface area contributed by atoms with Gasteiger partial charge in [0.25, 0.3) is 11.8 Å². The third kappa shape index (κ3) is 5.14. The minimum atomic E-state index is -0.254. The smallest absolute Gasteiger partial charge is 0.261 e. The molecule has 2 N–H and O–H groups in total. The molecule has 1 aliphatic rings. The number of hydrogen-bond acceptors (Lipinski definition) is 6. The first kappa shape index (κ1) is 25.1. The number of imidazole rings is 1. The Morgan fingerprint density at radius 3 is 2.59 bits per heavy atom. The fraction of sp³-hybridized carbons (Fsp3) is 0.269. The third-order valence-electron chi connectivity index (χ3n) is 6.44. The van der Waals surface area contributed by atoms with Crippen LogP contribution in [0.1, 0.15) is 39.4 Å². The molecule has 3 aromatic heterocycles. The molecule has 0 aliphatic carbocycles. The Balaban J connectivity index is 1.56. The van der Waals surface area contributed by atoms with Gasteiger partial charge in [-0.05, 0) is 64.8 Å². The predicted octanol–water partition coefficient (Wildman–Crippen LogP) is 3.87. The molecule has 11 heteroatoms. The number of nitrogens with one attached hydrogen (secondary N) is 2. The number of pyridine rings is 1. The predicted molar refractivity (Wildman–Crippen MR) is 146 cm³/mol. The standard InChI is InChI=1S/C26H25BrN6O3S/c1-15(34)32-13-17(30-26(36)22-8-9-23(27)37-22)12-18(14-32)33-21-7-6-16(25(35)28-2)11-20(21)31-24(33)19-5-3-4-10-29-19/h3-11,17-18H,12-14H2,1-2H3,(H,28,35)(H,30,36). The van der Waals surface area contributed by atoms with Gasteiger partial charge in [-0.2, -0.15) is 0 Å². The number of carbonyl (C=O) groups is 3. The van der Waals surface area contributed by atoms with Gasteiger partial charge in [0, 0.05) is 44.9 Å². The van der Waals surface area contributed by atoms with Crippen LogP contribution in [0.4, 0.5) is 0 Å². The first-order valence-electron chi connectivity index (χ1n) is 11.8. The van der Waals surface area contributed by atoms with Crippen LogP contribution in [-0.2, 0) is 4.79 Å². The lowest BCUT2D eigenvalue weighted by Gasteiger charge is -2.38. The van der Waals surface area contributed by atoms with Crippen molar-refractivity contribution in [1.29, 1.82) is 0 Å². The summed E-state index contributed by atoms with van der Waals surface area (Å²) in [4.78, 5) is 49.5. The molecular formula is C26H25BrN6O3S. The van der Waals surface area contributed by atoms with E-state index in [0.29, 0.717) is 47.0 Å². The molecule has 3 amide bonds. The largest absolute Gasteiger partial charge is 0.355 e. The van der Waals surface area contributed by atoms with Crippen molar-refractivity contribution in [1.82, 2.24) is 30.1 Å². The van der Waals surface area contributed by atoms with Gasteiger partial charge in [0.15, 0.2) is 5.82 Å². The van der Waals surface area contributed by atoms with Crippen molar-refractivity contribution in [3.05, 3.63) is 69.0 Å². The number of benzene rings is 1. The first-order chi connectivity index (χ1) is 17.8. The maximum atomic E-state index is 12.9. The van der Waals surface area contributed by atoms with E-state index in [4.69, 9.17) is 4.98 Å². The molecule has 1 aliphatic heterocycles. The van der Waals surface area contributed by atoms with Crippen molar-refractivity contribution in [3.63, 3.8) is 0 Å². The van der Waals surface area contributed by atoms with Gasteiger partial charge in [0.05, 0.1) is 25.7 Å². The summed E-state index contributed by atoms with van der Waals surface area (Å²) in [5.74, 6) is 0.223. The molecule has 0 bridgehead atoms. The Kier molecular flexibility index (Phi) is 7.07. The zero-order valence-corrected chi connectivity index (χ0v) is 22.7. The molecule has 0 spiro atoms. The SMILES string of the molecule is CNC(=O)c1ccc2c(c1)nc(-c1ccccn1)n2C1CC(NC(=O)c2ccc(Br)s2)CN(C(C)=O)C1. The number of hydrogen-bond donors (Lipinski definition) is 2. The van der Waals surface area contributed by atoms with Gasteiger partial charge in [-0.3, -0.25) is 19.4 Å². The molecule has 9 nitrogen and oxygen atoms in total. The number of likely N-dealkylation sites (tertiary alicyclic amines) is 1. The van der Waals surface area contributed by atoms with Crippen molar-refractivity contribution >= 4 is 56.0 Å². The molecule has 0 radical (unpaired) electrons. The van der Waals surface area contributed by atoms with Crippen molar-refractivity contribution in [2.45, 2.75) is 25.4 Å². The second-order valence-corrected chi connectivity index (χ2v) is 11.4. The van der Waals surface area contributed by atoms with Gasteiger partial charge in [-0.1, -0.05) is 6.07 Å². The van der Waals surface area contributed by atoms with Gasteiger partial charge in [-0.25, -0.2) is 4.98 Å². The van der Waals surface area contributed by atoms with Gasteiger partial charge in [-0.15, -0.1) is 11.3 Å². The fourth-order valence-corrected chi connectivity index (χ4v) is 6.03. The summed E-state index contributed by atoms with van der Waals surface area (Å²) in [5, 5.41) is 5.77. The van der Waals surface area contributed by atoms with Gasteiger partial charge in [0.1, 0.15) is 5.69 Å². The van der Waals surface area contributed by atoms with Crippen LogP contribution in [0.3, 0.4) is 0 Å². The average Bonchev–Trinajstić information content (AvgIpc) is 3.51. The summed E-state index contributed by atoms with van der Waals surface area (Å²) in [6, 6.07) is 14.2. The van der Waals surface area contributed by atoms with Crippen molar-refractivity contribution < 1.29 is 14.4 Å². The van der Waals surface area contributed by atoms with Crippen molar-refractivity contribution in [3.8, 4) is 11.5 Å². The Morgan fingerprint density at radius 2 is 1.92 bits per heavy atom. The molecule has 2 unspecified atom stereocenters. The highest BCUT2D eigenvalue weighted by molar-refractivity contribution is 9.11. The lowest BCUT2D eigenvalue weighted by Crippen LogP contribution is -2.52. The average molecular weight is 581 g/mol. The minimum absolute atomic E-state index is 0.0615. The molecule has 1 saturated heterocycles. The van der Waals surface area contributed by atoms with Crippen LogP contribution in [0.15, 0.2) is 58.5 Å². The van der Waals surface area contributed by atoms with Crippen LogP contribution < -0.4 is 10.6 Å². The van der Waals surface area contributed by atoms with E-state index < -0.39 is 0 Å². The number of rotatable bonds is 5. The van der Waals surface area contributed by atoms with E-state index in [9.17, 15) is 14.4 Å². The van der Waals surface area contributed by atoms with E-state index in [2.05, 4.69) is 36.1 Å². The lowest BCUT2D eigenvalue weighted by atomic mass is 9.99. The van der Waals surface area contributed by atoms with Crippen LogP contribution in [-0.4, -0.2) is 63.3 Å². The number of halogens is 1. The highest BCUT2D eigenvalue weighted by atomic mass is 79.9. The molecule has 1 aromatic carbocycles. The fourth-order valence-electron chi connectivity index (χ4n) is 4.74. The molecule has 190 valence electrons. The Labute approximate surface area is 226 Å². The van der Waals surface area contributed by atoms with Crippen molar-refractivity contribution in [2.75, 3.05) is 20.1 Å². The van der Waals surface area contributed by atoms with Crippen LogP contribution >= 0.6 is 27.3 Å². The number of carbonyl (C=O) groups excluding carboxylic acids is 3. The van der Waals surface area contributed by atoms with Gasteiger partial charge < -0.3 is 20.1 Å². The molecule has 4 aromatic rings. The van der Waals surface area contributed by atoms with Crippen molar-refractivity contribution in [2.24, 2.45) is 0 Å². The highest BCUT2D eigenvalue weighted by Crippen LogP contribution is 2.33. The van der Waals surface area contributed by atoms with E-state index in [1.165, 1.54) is 11.3 Å². The van der Waals surface area contributed by atoms with Crippen LogP contribution in [0.2, 0.25) is 0 Å². The van der Waals surface area contributed by atoms with Gasteiger partial charge >= 0.3 is 0 Å². The number of piperidine rings is 1. The number of fused-ring (bicyclic) bond motifs is 1. The molecule has 1 fully saturated rings. The van der Waals surface area contributed by atoms with E-state index in [1.807, 2.05) is 30.3 Å². The quantitative estimate of drug-likeness (QED) is 0.372. The topological polar surface area (TPSA) is 109 Å². The summed E-state index contributed by atoms with van der Waals surface area (Å²) in [6.45, 7) is 2.43. The number of nitrogens with zero attached hydrogens (tertiary/aromatic N) is 4. The van der Waals surface area contributed by atoms with E-state index >= 15 is 0 Å². The summed E-state index contributed by atoms with van der Waals surface area (Å²) in [6.07, 6.45) is 2.31. The first-order valence-corrected chi connectivity index (χ1v) is 13.4. The van der Waals surface area contributed by atoms with Crippen LogP contribution in [0, 0.1) is 0 Å². The number of amides is 3. The lowest BCUT2D eigenvalue weighted by molar-refractivity contribution is -0.130. The summed E-state index contributed by atoms with van der Waals surface area (Å²) < 4.78 is 2.96. The molecule has 2 atom stereocenters. The highest BCUT2D eigenvalue weighted by Gasteiger charge is 2.33. The van der Waals surface area contributed by atoms with E-state index in [-0.39, 0.29) is 29.8 Å². The monoisotopic (exact) mass is 580 g/mol. The minimum Gasteiger partial charge on any atom is -0.355 e. The molecular weight excluding hydrogens is 556 g/mol. The maximum absolute atomic E-state index is 12.9. The molecule has 5 rings (SSSR count). The zero-order chi connectivity index (χ0) is 26.1. The van der Waals surface area contributed by atoms with Gasteiger partial charge in [0.2, 0.25) is 5.91 Å². The molecule has 0 saturated carbocycles. The van der Waals surface area contributed by atoms with Crippen LogP contribution in [0.5, 0.6) is 0 Å². The van der Waals surface area contributed by atoms with E-state index in [0.717, 1.165) is 9.30 Å². The molecule has 37 heavy (non-hydrogen) atoms. The van der Waals surface area contributed by atoms with E-state index in [1.54, 1.807) is 43.3 Å². The summed E-state index contributed by atoms with van der Waals surface area (Å²) >= 11 is 4.77. The number of aromatic nitrogens is 3. The second-order valence-electron chi connectivity index (χ2n) is 8.89. The summed E-state index contributed by atoms with van der Waals surface area (Å²) in [5.41, 5.74) is 2.68. The number of thiophene rings is 1.